The molecule has 3 rings (SSSR count). The van der Waals surface area contributed by atoms with Crippen LogP contribution in [0.5, 0.6) is 0 Å². The molecule has 4 heteroatoms. The number of carbonyl (C=O) groups is 1. The van der Waals surface area contributed by atoms with Gasteiger partial charge in [-0.25, -0.2) is 0 Å². The van der Waals surface area contributed by atoms with Crippen LogP contribution in [0.15, 0.2) is 34.9 Å². The van der Waals surface area contributed by atoms with Crippen molar-refractivity contribution in [3.05, 3.63) is 53.0 Å². The van der Waals surface area contributed by atoms with Gasteiger partial charge in [0, 0.05) is 24.7 Å². The predicted octanol–water partition coefficient (Wildman–Crippen LogP) is 2.81. The summed E-state index contributed by atoms with van der Waals surface area (Å²) in [5.74, 6) is 1.12. The van der Waals surface area contributed by atoms with Crippen LogP contribution in [0.3, 0.4) is 0 Å². The number of benzene rings is 1. The lowest BCUT2D eigenvalue weighted by Gasteiger charge is -2.27. The van der Waals surface area contributed by atoms with Crippen molar-refractivity contribution in [2.24, 2.45) is 0 Å². The Morgan fingerprint density at radius 3 is 2.76 bits per heavy atom. The fourth-order valence-electron chi connectivity index (χ4n) is 3.05. The van der Waals surface area contributed by atoms with Crippen molar-refractivity contribution >= 4 is 11.6 Å². The Bertz CT molecular complexity index is 675. The van der Waals surface area contributed by atoms with Gasteiger partial charge in [-0.1, -0.05) is 12.1 Å². The average molecular weight is 284 g/mol. The number of furan rings is 1. The highest BCUT2D eigenvalue weighted by atomic mass is 16.3. The van der Waals surface area contributed by atoms with E-state index >= 15 is 0 Å². The Balaban J connectivity index is 2.00. The number of hydrogen-bond donors (Lipinski definition) is 1. The van der Waals surface area contributed by atoms with Crippen molar-refractivity contribution in [3.63, 3.8) is 0 Å². The molecule has 1 N–H and O–H groups in total. The molecule has 1 aromatic carbocycles. The van der Waals surface area contributed by atoms with Crippen LogP contribution >= 0.6 is 0 Å². The van der Waals surface area contributed by atoms with Gasteiger partial charge in [0.05, 0.1) is 12.3 Å². The number of aryl methyl sites for hydroxylation is 2. The maximum atomic E-state index is 11.8. The largest absolute Gasteiger partial charge is 0.469 e. The molecule has 4 nitrogen and oxygen atoms in total. The average Bonchev–Trinajstić information content (AvgIpc) is 2.90. The topological polar surface area (TPSA) is 45.5 Å². The SMILES string of the molecule is CNC(c1ccc2c(c1)CCC(=O)N2C)c1ccoc1C. The molecule has 21 heavy (non-hydrogen) atoms. The van der Waals surface area contributed by atoms with Gasteiger partial charge in [0.15, 0.2) is 0 Å². The maximum absolute atomic E-state index is 11.8. The third kappa shape index (κ3) is 2.36. The van der Waals surface area contributed by atoms with E-state index in [0.29, 0.717) is 6.42 Å². The summed E-state index contributed by atoms with van der Waals surface area (Å²) in [7, 11) is 3.79. The molecule has 110 valence electrons. The first kappa shape index (κ1) is 13.9. The van der Waals surface area contributed by atoms with Crippen molar-refractivity contribution in [2.75, 3.05) is 19.0 Å². The van der Waals surface area contributed by atoms with E-state index in [9.17, 15) is 4.79 Å². The van der Waals surface area contributed by atoms with Gasteiger partial charge in [0.1, 0.15) is 5.76 Å². The molecule has 1 aliphatic rings. The van der Waals surface area contributed by atoms with Crippen molar-refractivity contribution in [1.82, 2.24) is 5.32 Å². The molecule has 0 spiro atoms. The van der Waals surface area contributed by atoms with Gasteiger partial charge in [-0.2, -0.15) is 0 Å². The summed E-state index contributed by atoms with van der Waals surface area (Å²) in [6.07, 6.45) is 3.12. The monoisotopic (exact) mass is 284 g/mol. The van der Waals surface area contributed by atoms with Crippen molar-refractivity contribution < 1.29 is 9.21 Å². The number of hydrogen-bond acceptors (Lipinski definition) is 3. The second-order valence-electron chi connectivity index (χ2n) is 5.49. The van der Waals surface area contributed by atoms with Crippen LogP contribution in [-0.4, -0.2) is 20.0 Å². The van der Waals surface area contributed by atoms with Crippen LogP contribution in [0, 0.1) is 6.92 Å². The summed E-state index contributed by atoms with van der Waals surface area (Å²) in [5, 5.41) is 3.35. The standard InChI is InChI=1S/C17H20N2O2/c1-11-14(8-9-21-11)17(18-2)13-4-6-15-12(10-13)5-7-16(20)19(15)3/h4,6,8-10,17-18H,5,7H2,1-3H3. The van der Waals surface area contributed by atoms with Crippen LogP contribution in [0.4, 0.5) is 5.69 Å². The number of rotatable bonds is 3. The molecule has 0 aliphatic carbocycles. The quantitative estimate of drug-likeness (QED) is 0.942. The zero-order valence-electron chi connectivity index (χ0n) is 12.6. The van der Waals surface area contributed by atoms with Crippen molar-refractivity contribution in [2.45, 2.75) is 25.8 Å². The van der Waals surface area contributed by atoms with Gasteiger partial charge in [-0.3, -0.25) is 4.79 Å². The third-order valence-electron chi connectivity index (χ3n) is 4.28. The lowest BCUT2D eigenvalue weighted by atomic mass is 9.93. The normalized spacial score (nSPS) is 16.0. The lowest BCUT2D eigenvalue weighted by Crippen LogP contribution is -2.31. The Kier molecular flexibility index (Phi) is 3.55. The van der Waals surface area contributed by atoms with E-state index in [1.54, 1.807) is 11.2 Å². The highest BCUT2D eigenvalue weighted by Crippen LogP contribution is 2.32. The van der Waals surface area contributed by atoms with Crippen LogP contribution in [0.2, 0.25) is 0 Å². The molecular weight excluding hydrogens is 264 g/mol. The van der Waals surface area contributed by atoms with E-state index in [4.69, 9.17) is 4.42 Å². The number of fused-ring (bicyclic) bond motifs is 1. The summed E-state index contributed by atoms with van der Waals surface area (Å²) < 4.78 is 5.42. The third-order valence-corrected chi connectivity index (χ3v) is 4.28. The highest BCUT2D eigenvalue weighted by Gasteiger charge is 2.23. The first-order valence-corrected chi connectivity index (χ1v) is 7.22. The van der Waals surface area contributed by atoms with Crippen LogP contribution < -0.4 is 10.2 Å². The number of anilines is 1. The fourth-order valence-corrected chi connectivity index (χ4v) is 3.05. The van der Waals surface area contributed by atoms with Crippen LogP contribution in [0.25, 0.3) is 0 Å². The molecule has 0 fully saturated rings. The zero-order valence-corrected chi connectivity index (χ0v) is 12.6. The summed E-state index contributed by atoms with van der Waals surface area (Å²) in [6.45, 7) is 1.98. The summed E-state index contributed by atoms with van der Waals surface area (Å²) >= 11 is 0. The molecule has 1 amide bonds. The maximum Gasteiger partial charge on any atom is 0.227 e. The number of nitrogens with one attached hydrogen (secondary N) is 1. The number of nitrogens with zero attached hydrogens (tertiary/aromatic N) is 1. The van der Waals surface area contributed by atoms with Gasteiger partial charge >= 0.3 is 0 Å². The Labute approximate surface area is 124 Å². The van der Waals surface area contributed by atoms with Gasteiger partial charge < -0.3 is 14.6 Å². The van der Waals surface area contributed by atoms with Crippen molar-refractivity contribution in [3.8, 4) is 0 Å². The van der Waals surface area contributed by atoms with E-state index in [0.717, 1.165) is 23.4 Å². The highest BCUT2D eigenvalue weighted by molar-refractivity contribution is 5.95. The molecule has 0 radical (unpaired) electrons. The van der Waals surface area contributed by atoms with E-state index < -0.39 is 0 Å². The van der Waals surface area contributed by atoms with E-state index in [1.807, 2.05) is 33.2 Å². The second-order valence-corrected chi connectivity index (χ2v) is 5.49. The molecular formula is C17H20N2O2. The summed E-state index contributed by atoms with van der Waals surface area (Å²) in [6, 6.07) is 8.44. The minimum absolute atomic E-state index is 0.108. The minimum atomic E-state index is 0.108. The molecule has 0 saturated heterocycles. The Morgan fingerprint density at radius 2 is 2.10 bits per heavy atom. The van der Waals surface area contributed by atoms with Gasteiger partial charge in [-0.05, 0) is 43.7 Å². The molecule has 1 atom stereocenters. The molecule has 0 saturated carbocycles. The molecule has 1 aromatic heterocycles. The van der Waals surface area contributed by atoms with E-state index in [2.05, 4.69) is 17.4 Å². The Morgan fingerprint density at radius 1 is 1.29 bits per heavy atom. The van der Waals surface area contributed by atoms with Gasteiger partial charge in [0.25, 0.3) is 0 Å². The molecule has 1 unspecified atom stereocenters. The second kappa shape index (κ2) is 5.37. The summed E-state index contributed by atoms with van der Waals surface area (Å²) in [4.78, 5) is 13.5. The minimum Gasteiger partial charge on any atom is -0.469 e. The fraction of sp³-hybridized carbons (Fsp3) is 0.353. The summed E-state index contributed by atoms with van der Waals surface area (Å²) in [5.41, 5.74) is 4.60. The Hall–Kier alpha value is -2.07. The van der Waals surface area contributed by atoms with Gasteiger partial charge in [0.2, 0.25) is 5.91 Å². The zero-order chi connectivity index (χ0) is 15.0. The van der Waals surface area contributed by atoms with Crippen molar-refractivity contribution in [1.29, 1.82) is 0 Å². The molecule has 1 aliphatic heterocycles. The first-order valence-electron chi connectivity index (χ1n) is 7.22. The van der Waals surface area contributed by atoms with E-state index in [-0.39, 0.29) is 11.9 Å². The first-order chi connectivity index (χ1) is 10.1. The van der Waals surface area contributed by atoms with Crippen LogP contribution in [0.1, 0.15) is 34.9 Å². The number of carbonyl (C=O) groups excluding carboxylic acids is 1. The van der Waals surface area contributed by atoms with Gasteiger partial charge in [-0.15, -0.1) is 0 Å². The molecule has 2 aromatic rings. The predicted molar refractivity (Wildman–Crippen MR) is 82.5 cm³/mol. The smallest absolute Gasteiger partial charge is 0.227 e. The van der Waals surface area contributed by atoms with E-state index in [1.165, 1.54) is 11.1 Å². The number of amides is 1. The molecule has 2 heterocycles. The van der Waals surface area contributed by atoms with Crippen LogP contribution in [-0.2, 0) is 11.2 Å². The lowest BCUT2D eigenvalue weighted by molar-refractivity contribution is -0.118. The molecule has 0 bridgehead atoms.